The second kappa shape index (κ2) is 9.14. The number of terminal acetylenes is 1. The molecule has 0 unspecified atom stereocenters. The van der Waals surface area contributed by atoms with Gasteiger partial charge in [0.1, 0.15) is 0 Å². The van der Waals surface area contributed by atoms with Gasteiger partial charge in [0.2, 0.25) is 10.0 Å². The normalized spacial score (nSPS) is 10.7. The van der Waals surface area contributed by atoms with Crippen LogP contribution in [0.3, 0.4) is 0 Å². The van der Waals surface area contributed by atoms with Crippen LogP contribution in [0.4, 0.5) is 5.69 Å². The smallest absolute Gasteiger partial charge is 0.338 e. The number of rotatable bonds is 7. The summed E-state index contributed by atoms with van der Waals surface area (Å²) >= 11 is 5.81. The summed E-state index contributed by atoms with van der Waals surface area (Å²) in [6, 6.07) is 8.26. The summed E-state index contributed by atoms with van der Waals surface area (Å²) in [4.78, 5) is 27.6. The highest BCUT2D eigenvalue weighted by Gasteiger charge is 2.17. The average molecular weight is 408 g/mol. The number of esters is 1. The number of pyridine rings is 1. The van der Waals surface area contributed by atoms with Gasteiger partial charge in [0.25, 0.3) is 5.91 Å². The fourth-order valence-electron chi connectivity index (χ4n) is 1.89. The number of nitrogens with zero attached hydrogens (tertiary/aromatic N) is 1. The number of benzene rings is 1. The SMILES string of the molecule is C#CCNS(=O)(=O)c1cccc(C(=O)OCC(=O)Nc2cccnc2Cl)c1. The molecular formula is C17H14ClN3O5S. The number of amides is 1. The summed E-state index contributed by atoms with van der Waals surface area (Å²) < 4.78 is 31.1. The molecule has 1 heterocycles. The molecule has 8 nitrogen and oxygen atoms in total. The van der Waals surface area contributed by atoms with E-state index in [1.165, 1.54) is 30.5 Å². The van der Waals surface area contributed by atoms with E-state index in [1.54, 1.807) is 6.07 Å². The standard InChI is InChI=1S/C17H14ClN3O5S/c1-2-8-20-27(24,25)13-6-3-5-12(10-13)17(23)26-11-15(22)21-14-7-4-9-19-16(14)18/h1,3-7,9-10,20H,8,11H2,(H,21,22). The van der Waals surface area contributed by atoms with Crippen LogP contribution in [-0.4, -0.2) is 38.4 Å². The highest BCUT2D eigenvalue weighted by Crippen LogP contribution is 2.17. The highest BCUT2D eigenvalue weighted by molar-refractivity contribution is 7.89. The number of nitrogens with one attached hydrogen (secondary N) is 2. The van der Waals surface area contributed by atoms with Crippen LogP contribution in [-0.2, 0) is 19.6 Å². The zero-order chi connectivity index (χ0) is 19.9. The number of ether oxygens (including phenoxy) is 1. The van der Waals surface area contributed by atoms with Crippen molar-refractivity contribution in [2.45, 2.75) is 4.90 Å². The lowest BCUT2D eigenvalue weighted by atomic mass is 10.2. The third-order valence-corrected chi connectivity index (χ3v) is 4.81. The van der Waals surface area contributed by atoms with Crippen molar-refractivity contribution in [2.75, 3.05) is 18.5 Å². The van der Waals surface area contributed by atoms with Gasteiger partial charge in [0.15, 0.2) is 11.8 Å². The summed E-state index contributed by atoms with van der Waals surface area (Å²) in [5.41, 5.74) is 0.235. The van der Waals surface area contributed by atoms with Crippen LogP contribution in [0, 0.1) is 12.3 Å². The molecule has 0 bridgehead atoms. The van der Waals surface area contributed by atoms with Crippen molar-refractivity contribution in [3.05, 3.63) is 53.3 Å². The van der Waals surface area contributed by atoms with Crippen molar-refractivity contribution >= 4 is 39.2 Å². The Hall–Kier alpha value is -2.93. The molecular weight excluding hydrogens is 394 g/mol. The summed E-state index contributed by atoms with van der Waals surface area (Å²) in [6.45, 7) is -0.773. The molecule has 0 fully saturated rings. The minimum Gasteiger partial charge on any atom is -0.452 e. The van der Waals surface area contributed by atoms with Crippen molar-refractivity contribution in [1.29, 1.82) is 0 Å². The Morgan fingerprint density at radius 2 is 2.04 bits per heavy atom. The molecule has 2 N–H and O–H groups in total. The lowest BCUT2D eigenvalue weighted by molar-refractivity contribution is -0.119. The Labute approximate surface area is 160 Å². The number of sulfonamides is 1. The monoisotopic (exact) mass is 407 g/mol. The van der Waals surface area contributed by atoms with Crippen LogP contribution in [0.2, 0.25) is 5.15 Å². The zero-order valence-corrected chi connectivity index (χ0v) is 15.4. The van der Waals surface area contributed by atoms with E-state index in [2.05, 4.69) is 20.9 Å². The van der Waals surface area contributed by atoms with Gasteiger partial charge in [-0.05, 0) is 30.3 Å². The minimum absolute atomic E-state index is 0.0363. The third-order valence-electron chi connectivity index (χ3n) is 3.11. The molecule has 0 aliphatic rings. The number of aromatic nitrogens is 1. The van der Waals surface area contributed by atoms with Gasteiger partial charge in [0.05, 0.1) is 22.7 Å². The Kier molecular flexibility index (Phi) is 6.90. The molecule has 0 saturated heterocycles. The molecule has 0 atom stereocenters. The molecule has 1 amide bonds. The van der Waals surface area contributed by atoms with Gasteiger partial charge in [-0.3, -0.25) is 4.79 Å². The van der Waals surface area contributed by atoms with Crippen LogP contribution in [0.5, 0.6) is 0 Å². The number of halogens is 1. The van der Waals surface area contributed by atoms with Crippen molar-refractivity contribution < 1.29 is 22.7 Å². The molecule has 0 saturated carbocycles. The van der Waals surface area contributed by atoms with E-state index in [9.17, 15) is 18.0 Å². The first-order valence-electron chi connectivity index (χ1n) is 7.44. The second-order valence-corrected chi connectivity index (χ2v) is 7.15. The van der Waals surface area contributed by atoms with Gasteiger partial charge in [-0.25, -0.2) is 18.2 Å². The predicted molar refractivity (Wildman–Crippen MR) is 98.6 cm³/mol. The molecule has 0 spiro atoms. The van der Waals surface area contributed by atoms with E-state index in [1.807, 2.05) is 0 Å². The first-order chi connectivity index (χ1) is 12.8. The maximum absolute atomic E-state index is 12.1. The fourth-order valence-corrected chi connectivity index (χ4v) is 3.04. The Bertz CT molecular complexity index is 1000. The van der Waals surface area contributed by atoms with Gasteiger partial charge in [-0.1, -0.05) is 23.6 Å². The maximum atomic E-state index is 12.1. The van der Waals surface area contributed by atoms with Crippen LogP contribution in [0.25, 0.3) is 0 Å². The van der Waals surface area contributed by atoms with Crippen LogP contribution < -0.4 is 10.0 Å². The quantitative estimate of drug-likeness (QED) is 0.408. The van der Waals surface area contributed by atoms with Crippen molar-refractivity contribution in [2.24, 2.45) is 0 Å². The van der Waals surface area contributed by atoms with E-state index >= 15 is 0 Å². The number of hydrogen-bond donors (Lipinski definition) is 2. The van der Waals surface area contributed by atoms with Gasteiger partial charge in [0, 0.05) is 6.20 Å². The van der Waals surface area contributed by atoms with Gasteiger partial charge in [-0.2, -0.15) is 4.72 Å². The summed E-state index contributed by atoms with van der Waals surface area (Å²) in [5, 5.41) is 2.53. The summed E-state index contributed by atoms with van der Waals surface area (Å²) in [5.74, 6) is 0.656. The summed E-state index contributed by atoms with van der Waals surface area (Å²) in [6.07, 6.45) is 6.48. The summed E-state index contributed by atoms with van der Waals surface area (Å²) in [7, 11) is -3.86. The first-order valence-corrected chi connectivity index (χ1v) is 9.30. The number of carbonyl (C=O) groups excluding carboxylic acids is 2. The lowest BCUT2D eigenvalue weighted by Crippen LogP contribution is -2.24. The average Bonchev–Trinajstić information content (AvgIpc) is 2.66. The molecule has 0 aliphatic heterocycles. The first kappa shape index (κ1) is 20.4. The van der Waals surface area contributed by atoms with Gasteiger partial charge < -0.3 is 10.1 Å². The van der Waals surface area contributed by atoms with Crippen LogP contribution in [0.15, 0.2) is 47.5 Å². The Morgan fingerprint density at radius 3 is 2.74 bits per heavy atom. The Morgan fingerprint density at radius 1 is 1.26 bits per heavy atom. The molecule has 27 heavy (non-hydrogen) atoms. The molecule has 2 aromatic rings. The molecule has 10 heteroatoms. The predicted octanol–water partition coefficient (Wildman–Crippen LogP) is 1.44. The zero-order valence-electron chi connectivity index (χ0n) is 13.8. The van der Waals surface area contributed by atoms with E-state index < -0.39 is 28.5 Å². The maximum Gasteiger partial charge on any atom is 0.338 e. The minimum atomic E-state index is -3.86. The van der Waals surface area contributed by atoms with E-state index in [0.29, 0.717) is 0 Å². The van der Waals surface area contributed by atoms with E-state index in [-0.39, 0.29) is 27.8 Å². The van der Waals surface area contributed by atoms with Gasteiger partial charge >= 0.3 is 5.97 Å². The van der Waals surface area contributed by atoms with Crippen LogP contribution >= 0.6 is 11.6 Å². The second-order valence-electron chi connectivity index (χ2n) is 5.02. The number of carbonyl (C=O) groups is 2. The highest BCUT2D eigenvalue weighted by atomic mass is 35.5. The topological polar surface area (TPSA) is 114 Å². The van der Waals surface area contributed by atoms with Crippen molar-refractivity contribution in [3.63, 3.8) is 0 Å². The lowest BCUT2D eigenvalue weighted by Gasteiger charge is -2.08. The molecule has 0 radical (unpaired) electrons. The van der Waals surface area contributed by atoms with E-state index in [0.717, 1.165) is 6.07 Å². The number of hydrogen-bond acceptors (Lipinski definition) is 6. The largest absolute Gasteiger partial charge is 0.452 e. The molecule has 1 aromatic carbocycles. The number of anilines is 1. The molecule has 2 rings (SSSR count). The third kappa shape index (κ3) is 5.79. The fraction of sp³-hybridized carbons (Fsp3) is 0.118. The molecule has 140 valence electrons. The molecule has 1 aromatic heterocycles. The van der Waals surface area contributed by atoms with E-state index in [4.69, 9.17) is 22.8 Å². The van der Waals surface area contributed by atoms with Crippen molar-refractivity contribution in [1.82, 2.24) is 9.71 Å². The Balaban J connectivity index is 2.00. The van der Waals surface area contributed by atoms with Crippen LogP contribution in [0.1, 0.15) is 10.4 Å². The van der Waals surface area contributed by atoms with Crippen molar-refractivity contribution in [3.8, 4) is 12.3 Å². The molecule has 0 aliphatic carbocycles. The van der Waals surface area contributed by atoms with Gasteiger partial charge in [-0.15, -0.1) is 6.42 Å².